The zero-order valence-electron chi connectivity index (χ0n) is 14.7. The Hall–Kier alpha value is -2.86. The SMILES string of the molecule is O=C(/C=C/c1cnn(-c2ccccc2)c1)NCCCSc1ccc(F)cc1. The van der Waals surface area contributed by atoms with E-state index in [-0.39, 0.29) is 11.7 Å². The van der Waals surface area contributed by atoms with E-state index in [4.69, 9.17) is 0 Å². The number of aromatic nitrogens is 2. The standard InChI is InChI=1S/C21H20FN3OS/c22-18-8-10-20(11-9-18)27-14-4-13-23-21(26)12-7-17-15-24-25(16-17)19-5-2-1-3-6-19/h1-3,5-12,15-16H,4,13-14H2,(H,23,26)/b12-7+. The van der Waals surface area contributed by atoms with Crippen molar-refractivity contribution in [2.75, 3.05) is 12.3 Å². The van der Waals surface area contributed by atoms with Crippen molar-refractivity contribution in [2.45, 2.75) is 11.3 Å². The maximum Gasteiger partial charge on any atom is 0.244 e. The molecule has 0 saturated carbocycles. The first-order chi connectivity index (χ1) is 13.2. The monoisotopic (exact) mass is 381 g/mol. The lowest BCUT2D eigenvalue weighted by atomic mass is 10.3. The second kappa shape index (κ2) is 9.73. The van der Waals surface area contributed by atoms with Gasteiger partial charge in [0.05, 0.1) is 11.9 Å². The van der Waals surface area contributed by atoms with Crippen LogP contribution >= 0.6 is 11.8 Å². The van der Waals surface area contributed by atoms with Gasteiger partial charge in [-0.25, -0.2) is 9.07 Å². The summed E-state index contributed by atoms with van der Waals surface area (Å²) in [6.07, 6.45) is 7.69. The lowest BCUT2D eigenvalue weighted by Crippen LogP contribution is -2.22. The molecule has 0 unspecified atom stereocenters. The summed E-state index contributed by atoms with van der Waals surface area (Å²) in [7, 11) is 0. The summed E-state index contributed by atoms with van der Waals surface area (Å²) in [5.41, 5.74) is 1.83. The number of nitrogens with one attached hydrogen (secondary N) is 1. The summed E-state index contributed by atoms with van der Waals surface area (Å²) < 4.78 is 14.6. The molecule has 27 heavy (non-hydrogen) atoms. The van der Waals surface area contributed by atoms with Gasteiger partial charge in [-0.2, -0.15) is 5.10 Å². The number of hydrogen-bond donors (Lipinski definition) is 1. The first-order valence-electron chi connectivity index (χ1n) is 8.65. The third-order valence-electron chi connectivity index (χ3n) is 3.75. The van der Waals surface area contributed by atoms with Crippen LogP contribution in [0.2, 0.25) is 0 Å². The van der Waals surface area contributed by atoms with Crippen LogP contribution in [0.3, 0.4) is 0 Å². The predicted octanol–water partition coefficient (Wildman–Crippen LogP) is 4.32. The number of benzene rings is 2. The molecule has 0 aliphatic heterocycles. The van der Waals surface area contributed by atoms with Gasteiger partial charge in [0.2, 0.25) is 5.91 Å². The van der Waals surface area contributed by atoms with E-state index in [1.54, 1.807) is 40.8 Å². The molecule has 0 atom stereocenters. The molecule has 4 nitrogen and oxygen atoms in total. The number of hydrogen-bond acceptors (Lipinski definition) is 3. The molecular weight excluding hydrogens is 361 g/mol. The van der Waals surface area contributed by atoms with Crippen molar-refractivity contribution >= 4 is 23.7 Å². The highest BCUT2D eigenvalue weighted by molar-refractivity contribution is 7.99. The summed E-state index contributed by atoms with van der Waals surface area (Å²) in [6, 6.07) is 16.2. The Morgan fingerprint density at radius 2 is 1.93 bits per heavy atom. The van der Waals surface area contributed by atoms with Crippen LogP contribution in [-0.2, 0) is 4.79 Å². The van der Waals surface area contributed by atoms with Crippen molar-refractivity contribution < 1.29 is 9.18 Å². The highest BCUT2D eigenvalue weighted by Crippen LogP contribution is 2.18. The molecule has 1 heterocycles. The van der Waals surface area contributed by atoms with E-state index in [1.165, 1.54) is 18.2 Å². The van der Waals surface area contributed by atoms with Gasteiger partial charge in [0.1, 0.15) is 5.82 Å². The van der Waals surface area contributed by atoms with Crippen LogP contribution in [0.5, 0.6) is 0 Å². The molecule has 0 bridgehead atoms. The quantitative estimate of drug-likeness (QED) is 0.359. The van der Waals surface area contributed by atoms with E-state index in [0.717, 1.165) is 28.3 Å². The highest BCUT2D eigenvalue weighted by Gasteiger charge is 2.00. The van der Waals surface area contributed by atoms with Gasteiger partial charge in [0.15, 0.2) is 0 Å². The maximum absolute atomic E-state index is 12.8. The van der Waals surface area contributed by atoms with Gasteiger partial charge in [-0.05, 0) is 54.6 Å². The molecule has 2 aromatic carbocycles. The highest BCUT2D eigenvalue weighted by atomic mass is 32.2. The molecule has 0 saturated heterocycles. The van der Waals surface area contributed by atoms with Crippen molar-refractivity contribution in [3.05, 3.63) is 84.4 Å². The average Bonchev–Trinajstić information content (AvgIpc) is 3.17. The molecule has 138 valence electrons. The molecule has 1 aromatic heterocycles. The molecule has 0 radical (unpaired) electrons. The molecule has 0 fully saturated rings. The van der Waals surface area contributed by atoms with Crippen LogP contribution in [0.25, 0.3) is 11.8 Å². The minimum Gasteiger partial charge on any atom is -0.353 e. The van der Waals surface area contributed by atoms with Gasteiger partial charge >= 0.3 is 0 Å². The fourth-order valence-corrected chi connectivity index (χ4v) is 3.23. The fourth-order valence-electron chi connectivity index (χ4n) is 2.38. The van der Waals surface area contributed by atoms with E-state index in [1.807, 2.05) is 36.5 Å². The second-order valence-corrected chi connectivity index (χ2v) is 7.00. The van der Waals surface area contributed by atoms with Crippen molar-refractivity contribution in [1.29, 1.82) is 0 Å². The third-order valence-corrected chi connectivity index (χ3v) is 4.85. The number of para-hydroxylation sites is 1. The Morgan fingerprint density at radius 1 is 1.15 bits per heavy atom. The fraction of sp³-hybridized carbons (Fsp3) is 0.143. The van der Waals surface area contributed by atoms with Crippen LogP contribution in [-0.4, -0.2) is 28.0 Å². The molecule has 6 heteroatoms. The summed E-state index contributed by atoms with van der Waals surface area (Å²) in [4.78, 5) is 12.9. The second-order valence-electron chi connectivity index (χ2n) is 5.83. The van der Waals surface area contributed by atoms with E-state index >= 15 is 0 Å². The van der Waals surface area contributed by atoms with Crippen molar-refractivity contribution in [3.8, 4) is 5.69 Å². The normalized spacial score (nSPS) is 11.0. The molecule has 1 amide bonds. The minimum absolute atomic E-state index is 0.130. The number of rotatable bonds is 8. The number of carbonyl (C=O) groups excluding carboxylic acids is 1. The van der Waals surface area contributed by atoms with Crippen molar-refractivity contribution in [3.63, 3.8) is 0 Å². The zero-order valence-corrected chi connectivity index (χ0v) is 15.5. The van der Waals surface area contributed by atoms with Gasteiger partial charge in [0, 0.05) is 29.3 Å². The molecular formula is C21H20FN3OS. The largest absolute Gasteiger partial charge is 0.353 e. The van der Waals surface area contributed by atoms with Gasteiger partial charge in [-0.1, -0.05) is 18.2 Å². The van der Waals surface area contributed by atoms with Crippen molar-refractivity contribution in [1.82, 2.24) is 15.1 Å². The number of thioether (sulfide) groups is 1. The minimum atomic E-state index is -0.229. The molecule has 1 N–H and O–H groups in total. The Bertz CT molecular complexity index is 891. The smallest absolute Gasteiger partial charge is 0.244 e. The Morgan fingerprint density at radius 3 is 2.70 bits per heavy atom. The Kier molecular flexibility index (Phi) is 6.82. The van der Waals surface area contributed by atoms with Gasteiger partial charge in [0.25, 0.3) is 0 Å². The molecule has 3 aromatic rings. The third kappa shape index (κ3) is 6.11. The summed E-state index contributed by atoms with van der Waals surface area (Å²) >= 11 is 1.64. The van der Waals surface area contributed by atoms with Crippen LogP contribution in [0.1, 0.15) is 12.0 Å². The number of carbonyl (C=O) groups is 1. The summed E-state index contributed by atoms with van der Waals surface area (Å²) in [5.74, 6) is 0.501. The molecule has 0 aliphatic carbocycles. The molecule has 0 aliphatic rings. The van der Waals surface area contributed by atoms with E-state index in [0.29, 0.717) is 6.54 Å². The van der Waals surface area contributed by atoms with Crippen LogP contribution in [0, 0.1) is 5.82 Å². The van der Waals surface area contributed by atoms with Crippen molar-refractivity contribution in [2.24, 2.45) is 0 Å². The Balaban J connectivity index is 1.38. The lowest BCUT2D eigenvalue weighted by molar-refractivity contribution is -0.116. The van der Waals surface area contributed by atoms with Gasteiger partial charge in [-0.3, -0.25) is 4.79 Å². The Labute approximate surface area is 162 Å². The zero-order chi connectivity index (χ0) is 18.9. The first-order valence-corrected chi connectivity index (χ1v) is 9.64. The summed E-state index contributed by atoms with van der Waals surface area (Å²) in [5, 5.41) is 7.15. The van der Waals surface area contributed by atoms with Gasteiger partial charge in [-0.15, -0.1) is 11.8 Å². The van der Waals surface area contributed by atoms with Gasteiger partial charge < -0.3 is 5.32 Å². The first kappa shape index (κ1) is 18.9. The average molecular weight is 381 g/mol. The predicted molar refractivity (Wildman–Crippen MR) is 107 cm³/mol. The lowest BCUT2D eigenvalue weighted by Gasteiger charge is -2.03. The summed E-state index contributed by atoms with van der Waals surface area (Å²) in [6.45, 7) is 0.598. The van der Waals surface area contributed by atoms with Crippen LogP contribution in [0.15, 0.2) is 78.0 Å². The van der Waals surface area contributed by atoms with Crippen LogP contribution in [0.4, 0.5) is 4.39 Å². The maximum atomic E-state index is 12.8. The topological polar surface area (TPSA) is 46.9 Å². The van der Waals surface area contributed by atoms with Crippen LogP contribution < -0.4 is 5.32 Å². The molecule has 0 spiro atoms. The van der Waals surface area contributed by atoms with E-state index in [9.17, 15) is 9.18 Å². The number of amides is 1. The van der Waals surface area contributed by atoms with E-state index < -0.39 is 0 Å². The van der Waals surface area contributed by atoms with E-state index in [2.05, 4.69) is 10.4 Å². The number of nitrogens with zero attached hydrogens (tertiary/aromatic N) is 2. The molecule has 3 rings (SSSR count). The number of halogens is 1.